The lowest BCUT2D eigenvalue weighted by molar-refractivity contribution is -0.121. The molecule has 1 aliphatic rings. The fourth-order valence-electron chi connectivity index (χ4n) is 3.38. The van der Waals surface area contributed by atoms with Crippen LogP contribution in [0.15, 0.2) is 32.8 Å². The second-order valence-corrected chi connectivity index (χ2v) is 7.69. The maximum Gasteiger partial charge on any atom is 0.273 e. The number of rotatable bonds is 5. The second kappa shape index (κ2) is 7.56. The number of thiophene rings is 1. The molecule has 0 saturated carbocycles. The largest absolute Gasteiger partial charge is 0.465 e. The molecule has 1 amide bonds. The number of aromatic nitrogens is 2. The summed E-state index contributed by atoms with van der Waals surface area (Å²) in [5, 5.41) is 4.69. The van der Waals surface area contributed by atoms with Crippen LogP contribution in [0.3, 0.4) is 0 Å². The van der Waals surface area contributed by atoms with Gasteiger partial charge in [-0.05, 0) is 49.8 Å². The maximum atomic E-state index is 13.0. The lowest BCUT2D eigenvalue weighted by Gasteiger charge is -2.29. The van der Waals surface area contributed by atoms with Crippen LogP contribution in [0.2, 0.25) is 0 Å². The zero-order valence-corrected chi connectivity index (χ0v) is 16.1. The van der Waals surface area contributed by atoms with E-state index in [0.29, 0.717) is 28.5 Å². The first kappa shape index (κ1) is 17.8. The lowest BCUT2D eigenvalue weighted by Crippen LogP contribution is -2.39. The van der Waals surface area contributed by atoms with Crippen LogP contribution in [0.5, 0.6) is 0 Å². The Morgan fingerprint density at radius 2 is 2.07 bits per heavy atom. The monoisotopic (exact) mass is 386 g/mol. The van der Waals surface area contributed by atoms with Crippen LogP contribution < -0.4 is 15.8 Å². The summed E-state index contributed by atoms with van der Waals surface area (Å²) in [7, 11) is 0. The summed E-state index contributed by atoms with van der Waals surface area (Å²) < 4.78 is 7.57. The van der Waals surface area contributed by atoms with Crippen LogP contribution in [-0.2, 0) is 17.9 Å². The summed E-state index contributed by atoms with van der Waals surface area (Å²) in [4.78, 5) is 32.3. The first-order chi connectivity index (χ1) is 13.1. The molecule has 0 radical (unpaired) electrons. The van der Waals surface area contributed by atoms with Crippen molar-refractivity contribution in [1.82, 2.24) is 14.9 Å². The Kier molecular flexibility index (Phi) is 4.98. The summed E-state index contributed by atoms with van der Waals surface area (Å²) in [6, 6.07) is 5.55. The molecule has 4 rings (SSSR count). The zero-order chi connectivity index (χ0) is 18.8. The number of carbonyl (C=O) groups excluding carboxylic acids is 1. The Hall–Kier alpha value is -2.61. The molecule has 0 unspecified atom stereocenters. The summed E-state index contributed by atoms with van der Waals surface area (Å²) >= 11 is 1.36. The molecule has 7 nitrogen and oxygen atoms in total. The molecule has 0 bridgehead atoms. The van der Waals surface area contributed by atoms with Crippen molar-refractivity contribution in [2.45, 2.75) is 39.3 Å². The Morgan fingerprint density at radius 1 is 1.26 bits per heavy atom. The van der Waals surface area contributed by atoms with Gasteiger partial charge in [-0.3, -0.25) is 14.2 Å². The van der Waals surface area contributed by atoms with E-state index < -0.39 is 0 Å². The average Bonchev–Trinajstić information content (AvgIpc) is 3.32. The van der Waals surface area contributed by atoms with E-state index >= 15 is 0 Å². The molecule has 1 fully saturated rings. The molecule has 1 saturated heterocycles. The van der Waals surface area contributed by atoms with Gasteiger partial charge >= 0.3 is 0 Å². The molecule has 3 aromatic rings. The van der Waals surface area contributed by atoms with Crippen LogP contribution >= 0.6 is 11.3 Å². The van der Waals surface area contributed by atoms with Gasteiger partial charge in [0, 0.05) is 13.1 Å². The number of aryl methyl sites for hydroxylation is 1. The molecule has 1 aliphatic heterocycles. The van der Waals surface area contributed by atoms with Crippen LogP contribution in [-0.4, -0.2) is 28.5 Å². The molecule has 0 aromatic carbocycles. The normalized spacial score (nSPS) is 14.6. The number of anilines is 1. The minimum Gasteiger partial charge on any atom is -0.465 e. The average molecular weight is 386 g/mol. The van der Waals surface area contributed by atoms with Crippen molar-refractivity contribution in [3.05, 3.63) is 45.5 Å². The summed E-state index contributed by atoms with van der Waals surface area (Å²) in [6.07, 6.45) is 3.33. The number of furan rings is 1. The fraction of sp³-hybridized carbons (Fsp3) is 0.421. The van der Waals surface area contributed by atoms with E-state index in [0.717, 1.165) is 31.7 Å². The van der Waals surface area contributed by atoms with Gasteiger partial charge in [-0.25, -0.2) is 4.98 Å². The second-order valence-electron chi connectivity index (χ2n) is 6.77. The van der Waals surface area contributed by atoms with Crippen LogP contribution in [0.25, 0.3) is 10.2 Å². The van der Waals surface area contributed by atoms with Crippen molar-refractivity contribution < 1.29 is 9.21 Å². The first-order valence-electron chi connectivity index (χ1n) is 9.17. The molecular weight excluding hydrogens is 364 g/mol. The van der Waals surface area contributed by atoms with Gasteiger partial charge in [0.2, 0.25) is 11.9 Å². The maximum absolute atomic E-state index is 13.0. The number of hydrogen-bond acceptors (Lipinski definition) is 6. The predicted molar refractivity (Wildman–Crippen MR) is 105 cm³/mol. The molecule has 27 heavy (non-hydrogen) atoms. The van der Waals surface area contributed by atoms with E-state index in [1.54, 1.807) is 0 Å². The van der Waals surface area contributed by atoms with Crippen LogP contribution in [0.1, 0.15) is 30.8 Å². The van der Waals surface area contributed by atoms with Crippen molar-refractivity contribution >= 4 is 33.4 Å². The standard InChI is InChI=1S/C19H22N4O3S/c1-13-5-6-14(26-13)11-20-16(24)12-23-18(25)17-15(7-10-27-17)21-19(23)22-8-3-2-4-9-22/h5-7,10H,2-4,8-9,11-12H2,1H3,(H,20,24). The number of fused-ring (bicyclic) bond motifs is 1. The van der Waals surface area contributed by atoms with Crippen molar-refractivity contribution in [3.8, 4) is 0 Å². The van der Waals surface area contributed by atoms with E-state index in [2.05, 4.69) is 10.2 Å². The van der Waals surface area contributed by atoms with Gasteiger partial charge in [-0.15, -0.1) is 11.3 Å². The minimum atomic E-state index is -0.234. The van der Waals surface area contributed by atoms with Gasteiger partial charge < -0.3 is 14.6 Å². The molecule has 142 valence electrons. The molecule has 0 aliphatic carbocycles. The number of nitrogens with one attached hydrogen (secondary N) is 1. The fourth-order valence-corrected chi connectivity index (χ4v) is 4.15. The highest BCUT2D eigenvalue weighted by molar-refractivity contribution is 7.17. The Balaban J connectivity index is 1.59. The van der Waals surface area contributed by atoms with Crippen LogP contribution in [0, 0.1) is 6.92 Å². The molecule has 0 atom stereocenters. The molecule has 4 heterocycles. The van der Waals surface area contributed by atoms with Crippen molar-refractivity contribution in [2.24, 2.45) is 0 Å². The van der Waals surface area contributed by atoms with E-state index in [1.165, 1.54) is 22.3 Å². The highest BCUT2D eigenvalue weighted by atomic mass is 32.1. The predicted octanol–water partition coefficient (Wildman–Crippen LogP) is 2.67. The van der Waals surface area contributed by atoms with E-state index in [1.807, 2.05) is 30.5 Å². The Morgan fingerprint density at radius 3 is 2.81 bits per heavy atom. The molecular formula is C19H22N4O3S. The molecule has 0 spiro atoms. The number of piperidine rings is 1. The smallest absolute Gasteiger partial charge is 0.273 e. The Labute approximate surface area is 160 Å². The zero-order valence-electron chi connectivity index (χ0n) is 15.2. The molecule has 1 N–H and O–H groups in total. The quantitative estimate of drug-likeness (QED) is 0.729. The first-order valence-corrected chi connectivity index (χ1v) is 10.0. The van der Waals surface area contributed by atoms with Crippen LogP contribution in [0.4, 0.5) is 5.95 Å². The third-order valence-electron chi connectivity index (χ3n) is 4.74. The van der Waals surface area contributed by atoms with Gasteiger partial charge in [0.05, 0.1) is 12.1 Å². The van der Waals surface area contributed by atoms with Gasteiger partial charge in [-0.2, -0.15) is 0 Å². The highest BCUT2D eigenvalue weighted by Gasteiger charge is 2.21. The third-order valence-corrected chi connectivity index (χ3v) is 5.63. The summed E-state index contributed by atoms with van der Waals surface area (Å²) in [5.74, 6) is 1.85. The molecule has 3 aromatic heterocycles. The van der Waals surface area contributed by atoms with Crippen molar-refractivity contribution in [3.63, 3.8) is 0 Å². The minimum absolute atomic E-state index is 0.0504. The lowest BCUT2D eigenvalue weighted by atomic mass is 10.1. The topological polar surface area (TPSA) is 80.4 Å². The van der Waals surface area contributed by atoms with Crippen molar-refractivity contribution in [1.29, 1.82) is 0 Å². The highest BCUT2D eigenvalue weighted by Crippen LogP contribution is 2.22. The summed E-state index contributed by atoms with van der Waals surface area (Å²) in [5.41, 5.74) is 0.549. The molecule has 8 heteroatoms. The number of amides is 1. The van der Waals surface area contributed by atoms with Crippen molar-refractivity contribution in [2.75, 3.05) is 18.0 Å². The van der Waals surface area contributed by atoms with Gasteiger partial charge in [0.15, 0.2) is 0 Å². The SMILES string of the molecule is Cc1ccc(CNC(=O)Cn2c(N3CCCCC3)nc3ccsc3c2=O)o1. The third kappa shape index (κ3) is 3.75. The number of carbonyl (C=O) groups is 1. The van der Waals surface area contributed by atoms with E-state index in [9.17, 15) is 9.59 Å². The van der Waals surface area contributed by atoms with Gasteiger partial charge in [0.1, 0.15) is 22.8 Å². The van der Waals surface area contributed by atoms with Gasteiger partial charge in [0.25, 0.3) is 5.56 Å². The van der Waals surface area contributed by atoms with E-state index in [4.69, 9.17) is 9.40 Å². The van der Waals surface area contributed by atoms with E-state index in [-0.39, 0.29) is 18.0 Å². The number of nitrogens with zero attached hydrogens (tertiary/aromatic N) is 3. The Bertz CT molecular complexity index is 1010. The van der Waals surface area contributed by atoms with Gasteiger partial charge in [-0.1, -0.05) is 0 Å². The summed E-state index contributed by atoms with van der Waals surface area (Å²) in [6.45, 7) is 3.82. The number of hydrogen-bond donors (Lipinski definition) is 1.